The normalized spacial score (nSPS) is 12.8. The molecule has 6 nitrogen and oxygen atoms in total. The summed E-state index contributed by atoms with van der Waals surface area (Å²) in [7, 11) is 5.21. The minimum atomic E-state index is -4.59. The van der Waals surface area contributed by atoms with Crippen molar-refractivity contribution in [3.63, 3.8) is 0 Å². The number of likely N-dealkylation sites (N-methyl/N-ethyl adjacent to an activating group) is 2. The highest BCUT2D eigenvalue weighted by Crippen LogP contribution is 2.39. The molecule has 0 atom stereocenters. The fourth-order valence-electron chi connectivity index (χ4n) is 2.75. The number of nitrogens with two attached hydrogens (primary N) is 1. The fraction of sp³-hybridized carbons (Fsp3) is 0.550. The summed E-state index contributed by atoms with van der Waals surface area (Å²) < 4.78 is 51.1. The maximum atomic E-state index is 13.6. The zero-order valence-electron chi connectivity index (χ0n) is 17.4. The van der Waals surface area contributed by atoms with Crippen LogP contribution in [0.15, 0.2) is 17.7 Å². The number of aryl methyl sites for hydroxylation is 1. The summed E-state index contributed by atoms with van der Waals surface area (Å²) in [6.07, 6.45) is -3.02. The lowest BCUT2D eigenvalue weighted by Gasteiger charge is -2.21. The number of halogens is 3. The maximum Gasteiger partial charge on any atom is 0.419 e. The van der Waals surface area contributed by atoms with Crippen molar-refractivity contribution in [1.29, 1.82) is 5.41 Å². The van der Waals surface area contributed by atoms with Gasteiger partial charge in [0, 0.05) is 62.8 Å². The zero-order valence-corrected chi connectivity index (χ0v) is 17.4. The maximum absolute atomic E-state index is 13.6. The van der Waals surface area contributed by atoms with Crippen molar-refractivity contribution in [1.82, 2.24) is 10.2 Å². The van der Waals surface area contributed by atoms with Gasteiger partial charge in [0.25, 0.3) is 0 Å². The van der Waals surface area contributed by atoms with Crippen LogP contribution in [0.4, 0.5) is 13.2 Å². The Balaban J connectivity index is 3.27. The summed E-state index contributed by atoms with van der Waals surface area (Å²) in [5, 5.41) is 10.7. The van der Waals surface area contributed by atoms with E-state index in [1.54, 1.807) is 6.92 Å². The van der Waals surface area contributed by atoms with Gasteiger partial charge in [0.2, 0.25) is 0 Å². The minimum absolute atomic E-state index is 0.114. The third kappa shape index (κ3) is 7.68. The van der Waals surface area contributed by atoms with Crippen molar-refractivity contribution in [2.75, 3.05) is 54.1 Å². The van der Waals surface area contributed by atoms with Crippen molar-refractivity contribution in [2.24, 2.45) is 5.73 Å². The van der Waals surface area contributed by atoms with E-state index < -0.39 is 11.7 Å². The number of hydrogen-bond donors (Lipinski definition) is 3. The molecule has 0 amide bonds. The van der Waals surface area contributed by atoms with E-state index in [2.05, 4.69) is 5.32 Å². The van der Waals surface area contributed by atoms with Crippen LogP contribution in [0, 0.1) is 12.3 Å². The molecule has 0 radical (unpaired) electrons. The molecule has 0 bridgehead atoms. The molecule has 0 aliphatic heterocycles. The van der Waals surface area contributed by atoms with Gasteiger partial charge in [-0.3, -0.25) is 0 Å². The molecular weight excluding hydrogens is 385 g/mol. The van der Waals surface area contributed by atoms with E-state index in [0.29, 0.717) is 37.3 Å². The highest BCUT2D eigenvalue weighted by molar-refractivity contribution is 5.89. The monoisotopic (exact) mass is 416 g/mol. The first-order valence-corrected chi connectivity index (χ1v) is 9.31. The molecule has 4 N–H and O–H groups in total. The van der Waals surface area contributed by atoms with Crippen molar-refractivity contribution >= 4 is 11.9 Å². The summed E-state index contributed by atoms with van der Waals surface area (Å²) in [6, 6.07) is 2.36. The number of ether oxygens (including phenoxy) is 2. The van der Waals surface area contributed by atoms with E-state index in [-0.39, 0.29) is 23.6 Å². The van der Waals surface area contributed by atoms with Gasteiger partial charge in [0.15, 0.2) is 0 Å². The van der Waals surface area contributed by atoms with Crippen LogP contribution in [0.5, 0.6) is 5.75 Å². The lowest BCUT2D eigenvalue weighted by molar-refractivity contribution is -0.139. The largest absolute Gasteiger partial charge is 0.493 e. The van der Waals surface area contributed by atoms with E-state index in [0.717, 1.165) is 18.8 Å². The molecule has 0 saturated carbocycles. The van der Waals surface area contributed by atoms with Crippen LogP contribution in [0.25, 0.3) is 5.70 Å². The van der Waals surface area contributed by atoms with Crippen molar-refractivity contribution in [3.05, 3.63) is 34.4 Å². The Labute approximate surface area is 170 Å². The molecule has 0 unspecified atom stereocenters. The van der Waals surface area contributed by atoms with Crippen LogP contribution in [-0.2, 0) is 10.9 Å². The SMILES string of the molecule is CNCCN(C)CC(C=N)=C(N)c1cc(C(F)(F)F)c(OCCCOC)cc1C. The summed E-state index contributed by atoms with van der Waals surface area (Å²) in [4.78, 5) is 1.94. The molecule has 0 saturated heterocycles. The predicted octanol–water partition coefficient (Wildman–Crippen LogP) is 2.90. The molecular formula is C20H31F3N4O2. The second-order valence-corrected chi connectivity index (χ2v) is 6.78. The van der Waals surface area contributed by atoms with E-state index >= 15 is 0 Å². The van der Waals surface area contributed by atoms with Crippen LogP contribution in [-0.4, -0.2) is 65.2 Å². The molecule has 0 fully saturated rings. The quantitative estimate of drug-likeness (QED) is 0.361. The molecule has 1 aromatic rings. The highest BCUT2D eigenvalue weighted by Gasteiger charge is 2.35. The third-order valence-corrected chi connectivity index (χ3v) is 4.38. The molecule has 9 heteroatoms. The lowest BCUT2D eigenvalue weighted by atomic mass is 9.98. The third-order valence-electron chi connectivity index (χ3n) is 4.38. The average molecular weight is 416 g/mol. The summed E-state index contributed by atoms with van der Waals surface area (Å²) in [5.41, 5.74) is 6.72. The predicted molar refractivity (Wildman–Crippen MR) is 109 cm³/mol. The standard InChI is InChI=1S/C20H31F3N4O2/c1-14-10-18(29-9-5-8-28-4)17(20(21,22)23)11-16(14)19(25)15(12-24)13-27(3)7-6-26-2/h10-12,24,26H,5-9,13,25H2,1-4H3. The van der Waals surface area contributed by atoms with E-state index in [9.17, 15) is 13.2 Å². The molecule has 1 aromatic carbocycles. The highest BCUT2D eigenvalue weighted by atomic mass is 19.4. The van der Waals surface area contributed by atoms with Crippen molar-refractivity contribution in [3.8, 4) is 5.75 Å². The molecule has 0 aliphatic carbocycles. The number of rotatable bonds is 12. The second-order valence-electron chi connectivity index (χ2n) is 6.78. The smallest absolute Gasteiger partial charge is 0.419 e. The minimum Gasteiger partial charge on any atom is -0.493 e. The van der Waals surface area contributed by atoms with Crippen LogP contribution in [0.1, 0.15) is 23.1 Å². The molecule has 0 aromatic heterocycles. The van der Waals surface area contributed by atoms with Crippen LogP contribution in [0.2, 0.25) is 0 Å². The Morgan fingerprint density at radius 3 is 2.55 bits per heavy atom. The van der Waals surface area contributed by atoms with Crippen molar-refractivity contribution in [2.45, 2.75) is 19.5 Å². The topological polar surface area (TPSA) is 83.6 Å². The molecule has 0 spiro atoms. The van der Waals surface area contributed by atoms with Gasteiger partial charge in [-0.1, -0.05) is 0 Å². The van der Waals surface area contributed by atoms with Gasteiger partial charge < -0.3 is 30.8 Å². The zero-order chi connectivity index (χ0) is 22.0. The first-order chi connectivity index (χ1) is 13.6. The van der Waals surface area contributed by atoms with Gasteiger partial charge in [-0.2, -0.15) is 13.2 Å². The van der Waals surface area contributed by atoms with E-state index in [4.69, 9.17) is 20.6 Å². The number of nitrogens with one attached hydrogen (secondary N) is 2. The Hall–Kier alpha value is -2.10. The first kappa shape index (κ1) is 24.9. The average Bonchev–Trinajstić information content (AvgIpc) is 2.66. The Bertz CT molecular complexity index is 706. The summed E-state index contributed by atoms with van der Waals surface area (Å²) in [5.74, 6) is -0.231. The van der Waals surface area contributed by atoms with Gasteiger partial charge >= 0.3 is 6.18 Å². The number of methoxy groups -OCH3 is 1. The van der Waals surface area contributed by atoms with Gasteiger partial charge in [0.1, 0.15) is 5.75 Å². The first-order valence-electron chi connectivity index (χ1n) is 9.31. The molecule has 0 heterocycles. The summed E-state index contributed by atoms with van der Waals surface area (Å²) in [6.45, 7) is 4.00. The lowest BCUT2D eigenvalue weighted by Crippen LogP contribution is -2.30. The molecule has 0 aliphatic rings. The Morgan fingerprint density at radius 2 is 2.00 bits per heavy atom. The van der Waals surface area contributed by atoms with Crippen LogP contribution in [0.3, 0.4) is 0 Å². The molecule has 29 heavy (non-hydrogen) atoms. The van der Waals surface area contributed by atoms with Crippen molar-refractivity contribution < 1.29 is 22.6 Å². The number of nitrogens with zero attached hydrogens (tertiary/aromatic N) is 1. The molecule has 164 valence electrons. The Morgan fingerprint density at radius 1 is 1.31 bits per heavy atom. The van der Waals surface area contributed by atoms with Crippen LogP contribution >= 0.6 is 0 Å². The molecule has 1 rings (SSSR count). The number of alkyl halides is 3. The Kier molecular flexibility index (Phi) is 10.1. The second kappa shape index (κ2) is 11.8. The number of benzene rings is 1. The van der Waals surface area contributed by atoms with E-state index in [1.165, 1.54) is 13.2 Å². The van der Waals surface area contributed by atoms with Gasteiger partial charge in [0.05, 0.1) is 12.2 Å². The van der Waals surface area contributed by atoms with Gasteiger partial charge in [-0.05, 0) is 38.7 Å². The van der Waals surface area contributed by atoms with E-state index in [1.807, 2.05) is 19.0 Å². The van der Waals surface area contributed by atoms with Gasteiger partial charge in [-0.25, -0.2) is 0 Å². The fourth-order valence-corrected chi connectivity index (χ4v) is 2.75. The number of hydrogen-bond acceptors (Lipinski definition) is 6. The van der Waals surface area contributed by atoms with Crippen LogP contribution < -0.4 is 15.8 Å². The van der Waals surface area contributed by atoms with Gasteiger partial charge in [-0.15, -0.1) is 0 Å². The summed E-state index contributed by atoms with van der Waals surface area (Å²) >= 11 is 0.